The van der Waals surface area contributed by atoms with Crippen molar-refractivity contribution in [1.29, 1.82) is 0 Å². The number of pyridine rings is 1. The van der Waals surface area contributed by atoms with Gasteiger partial charge in [-0.3, -0.25) is 4.98 Å². The first kappa shape index (κ1) is 23.0. The first-order valence-corrected chi connectivity index (χ1v) is 11.1. The van der Waals surface area contributed by atoms with Gasteiger partial charge in [0.15, 0.2) is 6.61 Å². The van der Waals surface area contributed by atoms with Crippen molar-refractivity contribution in [2.24, 2.45) is 0 Å². The van der Waals surface area contributed by atoms with Crippen LogP contribution in [-0.2, 0) is 16.1 Å². The molecule has 1 unspecified atom stereocenters. The highest BCUT2D eigenvalue weighted by molar-refractivity contribution is 5.73. The Morgan fingerprint density at radius 1 is 1.26 bits per heavy atom. The first-order valence-electron chi connectivity index (χ1n) is 11.1. The van der Waals surface area contributed by atoms with Crippen LogP contribution in [0.15, 0.2) is 48.8 Å². The van der Waals surface area contributed by atoms with Gasteiger partial charge in [-0.25, -0.2) is 4.79 Å². The van der Waals surface area contributed by atoms with Crippen LogP contribution in [0.5, 0.6) is 5.75 Å². The molecule has 0 aliphatic heterocycles. The fourth-order valence-corrected chi connectivity index (χ4v) is 3.93. The molecular formula is C25H32N2O4. The van der Waals surface area contributed by atoms with E-state index in [0.29, 0.717) is 12.4 Å². The van der Waals surface area contributed by atoms with Crippen LogP contribution >= 0.6 is 0 Å². The topological polar surface area (TPSA) is 80.7 Å². The molecule has 0 saturated heterocycles. The zero-order valence-electron chi connectivity index (χ0n) is 18.2. The molecule has 1 atom stereocenters. The van der Waals surface area contributed by atoms with Gasteiger partial charge < -0.3 is 14.7 Å². The average molecular weight is 425 g/mol. The summed E-state index contributed by atoms with van der Waals surface area (Å²) in [7, 11) is 0. The Morgan fingerprint density at radius 2 is 2.16 bits per heavy atom. The van der Waals surface area contributed by atoms with Gasteiger partial charge in [-0.05, 0) is 54.5 Å². The fourth-order valence-electron chi connectivity index (χ4n) is 3.93. The lowest BCUT2D eigenvalue weighted by atomic mass is 9.89. The zero-order valence-corrected chi connectivity index (χ0v) is 18.2. The second kappa shape index (κ2) is 12.2. The van der Waals surface area contributed by atoms with Crippen molar-refractivity contribution in [3.63, 3.8) is 0 Å². The van der Waals surface area contributed by atoms with Gasteiger partial charge in [0.25, 0.3) is 0 Å². The van der Waals surface area contributed by atoms with Crippen molar-refractivity contribution in [3.05, 3.63) is 65.5 Å². The summed E-state index contributed by atoms with van der Waals surface area (Å²) in [6.45, 7) is 2.43. The first-order chi connectivity index (χ1) is 15.2. The van der Waals surface area contributed by atoms with Gasteiger partial charge in [0.2, 0.25) is 0 Å². The van der Waals surface area contributed by atoms with Crippen molar-refractivity contribution < 1.29 is 19.5 Å². The Bertz CT molecular complexity index is 867. The van der Waals surface area contributed by atoms with Gasteiger partial charge in [0.1, 0.15) is 5.75 Å². The maximum Gasteiger partial charge on any atom is 0.341 e. The molecule has 1 aliphatic carbocycles. The highest BCUT2D eigenvalue weighted by atomic mass is 16.6. The van der Waals surface area contributed by atoms with Crippen LogP contribution < -0.4 is 10.2 Å². The number of hydrogen-bond acceptors (Lipinski definition) is 5. The van der Waals surface area contributed by atoms with E-state index in [-0.39, 0.29) is 12.6 Å². The summed E-state index contributed by atoms with van der Waals surface area (Å²) in [6, 6.07) is 10.0. The number of allylic oxidation sites excluding steroid dienone is 1. The summed E-state index contributed by atoms with van der Waals surface area (Å²) in [6.07, 6.45) is 13.0. The standard InChI is InChI=1S/C25H32N2O4/c1-2-3-4-12-23(20-9-7-15-26-17-20)27-31-16-14-19-8-5-11-22-21(19)10-6-13-24(22)30-18-25(28)29/h6-10,13,15,17,23,27H,2-5,11-12,14,16,18H2,1H3,(H,28,29). The molecule has 3 rings (SSSR count). The number of unbranched alkanes of at least 4 members (excludes halogenated alkanes) is 2. The van der Waals surface area contributed by atoms with Gasteiger partial charge in [-0.2, -0.15) is 5.48 Å². The summed E-state index contributed by atoms with van der Waals surface area (Å²) >= 11 is 0. The smallest absolute Gasteiger partial charge is 0.341 e. The molecule has 0 radical (unpaired) electrons. The lowest BCUT2D eigenvalue weighted by Gasteiger charge is -2.22. The zero-order chi connectivity index (χ0) is 21.9. The number of carbonyl (C=O) groups is 1. The number of ether oxygens (including phenoxy) is 1. The molecule has 31 heavy (non-hydrogen) atoms. The van der Waals surface area contributed by atoms with E-state index in [2.05, 4.69) is 35.6 Å². The molecule has 0 spiro atoms. The summed E-state index contributed by atoms with van der Waals surface area (Å²) in [5, 5.41) is 8.91. The van der Waals surface area contributed by atoms with Crippen molar-refractivity contribution in [1.82, 2.24) is 10.5 Å². The molecule has 0 amide bonds. The van der Waals surface area contributed by atoms with E-state index in [1.54, 1.807) is 6.20 Å². The number of benzene rings is 1. The number of rotatable bonds is 13. The minimum Gasteiger partial charge on any atom is -0.482 e. The predicted octanol–water partition coefficient (Wildman–Crippen LogP) is 5.11. The fraction of sp³-hybridized carbons (Fsp3) is 0.440. The minimum absolute atomic E-state index is 0.129. The normalized spacial score (nSPS) is 13.9. The number of aliphatic carboxylic acids is 1. The molecule has 2 aromatic rings. The van der Waals surface area contributed by atoms with Gasteiger partial charge in [-0.1, -0.05) is 50.5 Å². The average Bonchev–Trinajstić information content (AvgIpc) is 2.80. The Morgan fingerprint density at radius 3 is 2.94 bits per heavy atom. The molecule has 1 heterocycles. The quantitative estimate of drug-likeness (QED) is 0.344. The number of nitrogens with one attached hydrogen (secondary N) is 1. The molecule has 0 saturated carbocycles. The van der Waals surface area contributed by atoms with E-state index in [1.807, 2.05) is 24.4 Å². The third kappa shape index (κ3) is 6.91. The van der Waals surface area contributed by atoms with E-state index in [1.165, 1.54) is 18.4 Å². The molecule has 166 valence electrons. The van der Waals surface area contributed by atoms with Crippen molar-refractivity contribution in [3.8, 4) is 5.75 Å². The molecule has 0 bridgehead atoms. The SMILES string of the molecule is CCCCCC(NOCCC1=CCCc2c(OCC(=O)O)cccc21)c1cccnc1. The highest BCUT2D eigenvalue weighted by Crippen LogP contribution is 2.34. The maximum atomic E-state index is 10.9. The molecule has 6 nitrogen and oxygen atoms in total. The molecule has 1 aromatic carbocycles. The predicted molar refractivity (Wildman–Crippen MR) is 121 cm³/mol. The van der Waals surface area contributed by atoms with Crippen molar-refractivity contribution >= 4 is 11.5 Å². The van der Waals surface area contributed by atoms with Crippen LogP contribution in [-0.4, -0.2) is 29.3 Å². The second-order valence-corrected chi connectivity index (χ2v) is 7.78. The van der Waals surface area contributed by atoms with Crippen molar-refractivity contribution in [2.45, 2.75) is 57.9 Å². The monoisotopic (exact) mass is 424 g/mol. The van der Waals surface area contributed by atoms with Crippen LogP contribution in [0.1, 0.15) is 68.2 Å². The largest absolute Gasteiger partial charge is 0.482 e. The van der Waals surface area contributed by atoms with Gasteiger partial charge in [0, 0.05) is 18.0 Å². The third-order valence-electron chi connectivity index (χ3n) is 5.50. The molecule has 1 aliphatic rings. The second-order valence-electron chi connectivity index (χ2n) is 7.78. The van der Waals surface area contributed by atoms with E-state index < -0.39 is 5.97 Å². The Labute approximate surface area is 184 Å². The Kier molecular flexibility index (Phi) is 9.06. The van der Waals surface area contributed by atoms with Gasteiger partial charge in [-0.15, -0.1) is 0 Å². The molecule has 2 N–H and O–H groups in total. The maximum absolute atomic E-state index is 10.9. The summed E-state index contributed by atoms with van der Waals surface area (Å²) < 4.78 is 5.49. The van der Waals surface area contributed by atoms with Crippen LogP contribution in [0.25, 0.3) is 5.57 Å². The molecule has 0 fully saturated rings. The number of carboxylic acid groups (broad SMARTS) is 1. The third-order valence-corrected chi connectivity index (χ3v) is 5.50. The van der Waals surface area contributed by atoms with Crippen LogP contribution in [0, 0.1) is 0 Å². The number of hydrogen-bond donors (Lipinski definition) is 2. The number of hydroxylamine groups is 1. The number of nitrogens with zero attached hydrogens (tertiary/aromatic N) is 1. The van der Waals surface area contributed by atoms with Gasteiger partial charge in [0.05, 0.1) is 12.6 Å². The summed E-state index contributed by atoms with van der Waals surface area (Å²) in [4.78, 5) is 21.0. The molecule has 6 heteroatoms. The van der Waals surface area contributed by atoms with E-state index in [0.717, 1.165) is 48.8 Å². The lowest BCUT2D eigenvalue weighted by molar-refractivity contribution is -0.139. The van der Waals surface area contributed by atoms with Crippen LogP contribution in [0.3, 0.4) is 0 Å². The van der Waals surface area contributed by atoms with Crippen LogP contribution in [0.2, 0.25) is 0 Å². The summed E-state index contributed by atoms with van der Waals surface area (Å²) in [5.41, 5.74) is 7.82. The van der Waals surface area contributed by atoms with E-state index in [4.69, 9.17) is 14.7 Å². The van der Waals surface area contributed by atoms with Crippen molar-refractivity contribution in [2.75, 3.05) is 13.2 Å². The molecule has 1 aromatic heterocycles. The Hall–Kier alpha value is -2.70. The van der Waals surface area contributed by atoms with Crippen LogP contribution in [0.4, 0.5) is 0 Å². The van der Waals surface area contributed by atoms with E-state index in [9.17, 15) is 4.79 Å². The van der Waals surface area contributed by atoms with Gasteiger partial charge >= 0.3 is 5.97 Å². The number of aromatic nitrogens is 1. The number of fused-ring (bicyclic) bond motifs is 1. The molecular weight excluding hydrogens is 392 g/mol. The van der Waals surface area contributed by atoms with E-state index >= 15 is 0 Å². The summed E-state index contributed by atoms with van der Waals surface area (Å²) in [5.74, 6) is -0.303. The lowest BCUT2D eigenvalue weighted by Crippen LogP contribution is -2.23. The number of carboxylic acids is 1. The minimum atomic E-state index is -0.967. The Balaban J connectivity index is 1.56. The highest BCUT2D eigenvalue weighted by Gasteiger charge is 2.18.